The van der Waals surface area contributed by atoms with E-state index in [0.717, 1.165) is 5.56 Å². The Hall–Kier alpha value is -3.07. The third-order valence-electron chi connectivity index (χ3n) is 4.23. The molecule has 9 heteroatoms. The van der Waals surface area contributed by atoms with Gasteiger partial charge in [0.05, 0.1) is 19.2 Å². The van der Waals surface area contributed by atoms with Crippen molar-refractivity contribution in [1.29, 1.82) is 0 Å². The van der Waals surface area contributed by atoms with Crippen LogP contribution in [-0.4, -0.2) is 35.8 Å². The van der Waals surface area contributed by atoms with Crippen LogP contribution in [0.4, 0.5) is 13.2 Å². The molecular weight excluding hydrogens is 377 g/mol. The lowest BCUT2D eigenvalue weighted by molar-refractivity contribution is -0.355. The largest absolute Gasteiger partial charge is 0.497 e. The first-order valence-electron chi connectivity index (χ1n) is 8.27. The fourth-order valence-corrected chi connectivity index (χ4v) is 2.59. The molecule has 0 aliphatic carbocycles. The number of carbonyl (C=O) groups excluding carboxylic acids is 1. The van der Waals surface area contributed by atoms with Crippen LogP contribution < -0.4 is 10.1 Å². The van der Waals surface area contributed by atoms with E-state index in [1.165, 1.54) is 7.11 Å². The van der Waals surface area contributed by atoms with Crippen molar-refractivity contribution in [3.8, 4) is 5.75 Å². The number of rotatable bonds is 5. The smallest absolute Gasteiger partial charge is 0.458 e. The van der Waals surface area contributed by atoms with Crippen molar-refractivity contribution < 1.29 is 32.6 Å². The van der Waals surface area contributed by atoms with E-state index in [9.17, 15) is 23.1 Å². The molecule has 0 spiro atoms. The minimum Gasteiger partial charge on any atom is -0.497 e. The van der Waals surface area contributed by atoms with Gasteiger partial charge in [0.25, 0.3) is 5.91 Å². The van der Waals surface area contributed by atoms with E-state index in [1.54, 1.807) is 48.5 Å². The maximum Gasteiger partial charge on any atom is 0.458 e. The molecule has 1 heterocycles. The third-order valence-corrected chi connectivity index (χ3v) is 4.23. The number of alkyl halides is 3. The molecule has 28 heavy (non-hydrogen) atoms. The van der Waals surface area contributed by atoms with Gasteiger partial charge < -0.3 is 20.0 Å². The van der Waals surface area contributed by atoms with Crippen LogP contribution >= 0.6 is 0 Å². The molecule has 3 rings (SSSR count). The summed E-state index contributed by atoms with van der Waals surface area (Å²) < 4.78 is 43.4. The highest BCUT2D eigenvalue weighted by atomic mass is 19.4. The normalized spacial score (nSPS) is 19.0. The highest BCUT2D eigenvalue weighted by Crippen LogP contribution is 2.38. The SMILES string of the molecule is COc1cccc(C(=O)NCc2ccc(C3=NOC(O)(C(F)(F)F)C3)cc2)c1. The molecule has 1 atom stereocenters. The molecule has 0 radical (unpaired) electrons. The summed E-state index contributed by atoms with van der Waals surface area (Å²) in [5.74, 6) is -3.02. The molecule has 0 saturated carbocycles. The minimum atomic E-state index is -4.94. The number of amides is 1. The van der Waals surface area contributed by atoms with Crippen LogP contribution in [0.1, 0.15) is 27.9 Å². The summed E-state index contributed by atoms with van der Waals surface area (Å²) in [5, 5.41) is 15.6. The first-order valence-corrected chi connectivity index (χ1v) is 8.27. The van der Waals surface area contributed by atoms with Crippen molar-refractivity contribution >= 4 is 11.6 Å². The zero-order valence-electron chi connectivity index (χ0n) is 14.8. The number of hydrogen-bond acceptors (Lipinski definition) is 5. The van der Waals surface area contributed by atoms with Gasteiger partial charge in [0.1, 0.15) is 5.75 Å². The Morgan fingerprint density at radius 1 is 1.29 bits per heavy atom. The molecular formula is C19H17F3N2O4. The number of ether oxygens (including phenoxy) is 1. The molecule has 0 fully saturated rings. The second kappa shape index (κ2) is 7.51. The van der Waals surface area contributed by atoms with Gasteiger partial charge in [-0.15, -0.1) is 0 Å². The number of hydrogen-bond donors (Lipinski definition) is 2. The van der Waals surface area contributed by atoms with Crippen LogP contribution in [0.3, 0.4) is 0 Å². The van der Waals surface area contributed by atoms with Gasteiger partial charge in [-0.1, -0.05) is 35.5 Å². The molecule has 1 aliphatic heterocycles. The average Bonchev–Trinajstić information content (AvgIpc) is 3.10. The Morgan fingerprint density at radius 3 is 2.61 bits per heavy atom. The quantitative estimate of drug-likeness (QED) is 0.817. The summed E-state index contributed by atoms with van der Waals surface area (Å²) in [6.07, 6.45) is -5.73. The Kier molecular flexibility index (Phi) is 5.28. The lowest BCUT2D eigenvalue weighted by Crippen LogP contribution is -2.45. The molecule has 1 unspecified atom stereocenters. The van der Waals surface area contributed by atoms with E-state index in [-0.39, 0.29) is 18.2 Å². The number of oxime groups is 1. The predicted molar refractivity (Wildman–Crippen MR) is 93.9 cm³/mol. The van der Waals surface area contributed by atoms with E-state index < -0.39 is 18.4 Å². The number of benzene rings is 2. The molecule has 0 aromatic heterocycles. The van der Waals surface area contributed by atoms with Crippen molar-refractivity contribution in [2.75, 3.05) is 7.11 Å². The average molecular weight is 394 g/mol. The first kappa shape index (κ1) is 19.7. The molecule has 1 aliphatic rings. The topological polar surface area (TPSA) is 80.2 Å². The van der Waals surface area contributed by atoms with Crippen LogP contribution in [0, 0.1) is 0 Å². The van der Waals surface area contributed by atoms with E-state index in [0.29, 0.717) is 16.9 Å². The van der Waals surface area contributed by atoms with Crippen molar-refractivity contribution in [1.82, 2.24) is 5.32 Å². The summed E-state index contributed by atoms with van der Waals surface area (Å²) in [7, 11) is 1.51. The minimum absolute atomic E-state index is 0.00760. The summed E-state index contributed by atoms with van der Waals surface area (Å²) in [4.78, 5) is 16.4. The highest BCUT2D eigenvalue weighted by molar-refractivity contribution is 6.01. The monoisotopic (exact) mass is 394 g/mol. The molecule has 6 nitrogen and oxygen atoms in total. The number of nitrogens with one attached hydrogen (secondary N) is 1. The van der Waals surface area contributed by atoms with Gasteiger partial charge in [-0.3, -0.25) is 4.79 Å². The number of halogens is 3. The number of carbonyl (C=O) groups is 1. The molecule has 2 aromatic rings. The maximum atomic E-state index is 12.8. The Labute approximate surface area is 158 Å². The fraction of sp³-hybridized carbons (Fsp3) is 0.263. The Morgan fingerprint density at radius 2 is 2.00 bits per heavy atom. The van der Waals surface area contributed by atoms with Crippen LogP contribution in [0.2, 0.25) is 0 Å². The lowest BCUT2D eigenvalue weighted by Gasteiger charge is -2.22. The summed E-state index contributed by atoms with van der Waals surface area (Å²) in [6.45, 7) is 0.228. The van der Waals surface area contributed by atoms with Gasteiger partial charge >= 0.3 is 12.0 Å². The van der Waals surface area contributed by atoms with Crippen molar-refractivity contribution in [3.05, 3.63) is 65.2 Å². The molecule has 2 aromatic carbocycles. The van der Waals surface area contributed by atoms with Gasteiger partial charge in [0.15, 0.2) is 0 Å². The molecule has 1 amide bonds. The zero-order valence-corrected chi connectivity index (χ0v) is 14.8. The van der Waals surface area contributed by atoms with Crippen molar-refractivity contribution in [3.63, 3.8) is 0 Å². The third kappa shape index (κ3) is 4.09. The predicted octanol–water partition coefficient (Wildman–Crippen LogP) is 3.00. The highest BCUT2D eigenvalue weighted by Gasteiger charge is 2.60. The van der Waals surface area contributed by atoms with Gasteiger partial charge in [-0.05, 0) is 29.3 Å². The summed E-state index contributed by atoms with van der Waals surface area (Å²) in [5.41, 5.74) is 1.57. The second-order valence-electron chi connectivity index (χ2n) is 6.20. The standard InChI is InChI=1S/C19H17F3N2O4/c1-27-15-4-2-3-14(9-15)17(25)23-11-12-5-7-13(8-6-12)16-10-18(26,28-24-16)19(20,21)22/h2-9,26H,10-11H2,1H3,(H,23,25). The van der Waals surface area contributed by atoms with Gasteiger partial charge in [-0.25, -0.2) is 0 Å². The summed E-state index contributed by atoms with van der Waals surface area (Å²) in [6, 6.07) is 13.1. The number of nitrogens with zero attached hydrogens (tertiary/aromatic N) is 1. The van der Waals surface area contributed by atoms with E-state index in [2.05, 4.69) is 15.3 Å². The van der Waals surface area contributed by atoms with E-state index >= 15 is 0 Å². The fourth-order valence-electron chi connectivity index (χ4n) is 2.59. The van der Waals surface area contributed by atoms with Crippen LogP contribution in [-0.2, 0) is 11.4 Å². The number of methoxy groups -OCH3 is 1. The lowest BCUT2D eigenvalue weighted by atomic mass is 10.0. The molecule has 2 N–H and O–H groups in total. The van der Waals surface area contributed by atoms with Gasteiger partial charge in [-0.2, -0.15) is 13.2 Å². The molecule has 148 valence electrons. The van der Waals surface area contributed by atoms with E-state index in [4.69, 9.17) is 4.74 Å². The van der Waals surface area contributed by atoms with Crippen molar-refractivity contribution in [2.45, 2.75) is 24.9 Å². The van der Waals surface area contributed by atoms with Gasteiger partial charge in [0, 0.05) is 12.1 Å². The van der Waals surface area contributed by atoms with Crippen molar-refractivity contribution in [2.24, 2.45) is 5.16 Å². The van der Waals surface area contributed by atoms with Crippen LogP contribution in [0.15, 0.2) is 53.7 Å². The second-order valence-corrected chi connectivity index (χ2v) is 6.20. The van der Waals surface area contributed by atoms with Crippen LogP contribution in [0.5, 0.6) is 5.75 Å². The van der Waals surface area contributed by atoms with Gasteiger partial charge in [0.2, 0.25) is 0 Å². The van der Waals surface area contributed by atoms with E-state index in [1.807, 2.05) is 0 Å². The molecule has 0 saturated heterocycles. The molecule has 0 bridgehead atoms. The van der Waals surface area contributed by atoms with Crippen LogP contribution in [0.25, 0.3) is 0 Å². The Bertz CT molecular complexity index is 897. The number of aliphatic hydroxyl groups is 1. The Balaban J connectivity index is 1.60. The summed E-state index contributed by atoms with van der Waals surface area (Å²) >= 11 is 0. The zero-order chi connectivity index (χ0) is 20.4. The first-order chi connectivity index (χ1) is 13.2. The maximum absolute atomic E-state index is 12.8.